The summed E-state index contributed by atoms with van der Waals surface area (Å²) in [6.45, 7) is 10.8. The lowest BCUT2D eigenvalue weighted by atomic mass is 9.40. The first-order chi connectivity index (χ1) is 22.7. The maximum absolute atomic E-state index is 13.9. The molecule has 6 rings (SSSR count). The Morgan fingerprint density at radius 3 is 2.39 bits per heavy atom. The molecule has 4 N–H and O–H groups in total. The third-order valence-electron chi connectivity index (χ3n) is 12.8. The molecule has 2 heterocycles. The van der Waals surface area contributed by atoms with Crippen LogP contribution in [0.5, 0.6) is 0 Å². The van der Waals surface area contributed by atoms with Gasteiger partial charge in [0.1, 0.15) is 23.9 Å². The van der Waals surface area contributed by atoms with Gasteiger partial charge in [-0.3, -0.25) is 4.79 Å². The highest BCUT2D eigenvalue weighted by molar-refractivity contribution is 5.88. The van der Waals surface area contributed by atoms with Crippen molar-refractivity contribution in [3.8, 4) is 0 Å². The van der Waals surface area contributed by atoms with Gasteiger partial charge in [0.2, 0.25) is 6.10 Å². The van der Waals surface area contributed by atoms with Crippen LogP contribution in [-0.2, 0) is 38.1 Å². The number of ether oxygens (including phenoxy) is 4. The number of furan rings is 1. The normalized spacial score (nSPS) is 42.6. The van der Waals surface area contributed by atoms with E-state index in [4.69, 9.17) is 23.4 Å². The molecule has 4 aliphatic carbocycles. The number of esters is 4. The summed E-state index contributed by atoms with van der Waals surface area (Å²) in [5, 5.41) is 48.9. The smallest absolute Gasteiger partial charge is 0.352 e. The van der Waals surface area contributed by atoms with Crippen LogP contribution in [0.15, 0.2) is 45.8 Å². The predicted octanol–water partition coefficient (Wildman–Crippen LogP) is 2.60. The second-order valence-corrected chi connectivity index (χ2v) is 15.7. The second kappa shape index (κ2) is 11.0. The van der Waals surface area contributed by atoms with E-state index in [1.165, 1.54) is 46.5 Å². The summed E-state index contributed by atoms with van der Waals surface area (Å²) in [6.07, 6.45) is -1.54. The number of allylic oxidation sites excluding steroid dienone is 1. The zero-order valence-corrected chi connectivity index (χ0v) is 29.1. The number of carbonyl (C=O) groups excluding carboxylic acids is 4. The molecule has 1 saturated heterocycles. The van der Waals surface area contributed by atoms with Crippen LogP contribution in [0.25, 0.3) is 0 Å². The highest BCUT2D eigenvalue weighted by Crippen LogP contribution is 2.80. The standard InChI is InChI=1S/C36H46O13/c1-9-17(2)27(39)49-29-33(6)16-35(43)34(7,20(33)14-21(37)45-8)19-10-12-32(5)23(22(19)25(38)36(29,35)44)24(47-30(41)31(3,4)42)28(40)48-26(32)18-11-13-46-15-18/h9,11,13,15,19-20,24-26,29,38,42-44H,10,12,14,16H2,1-8H3/b17-9+/t19-,20-,24+,25-,26-,29-,32+,33+,34+,35+,36+/m0/s1. The van der Waals surface area contributed by atoms with Crippen molar-refractivity contribution in [2.24, 2.45) is 28.1 Å². The van der Waals surface area contributed by atoms with Gasteiger partial charge in [-0.05, 0) is 76.0 Å². The number of cyclic esters (lactones) is 1. The third kappa shape index (κ3) is 4.37. The first kappa shape index (κ1) is 35.3. The quantitative estimate of drug-likeness (QED) is 0.141. The molecule has 268 valence electrons. The molecule has 3 saturated carbocycles. The fourth-order valence-electron chi connectivity index (χ4n) is 10.4. The third-order valence-corrected chi connectivity index (χ3v) is 12.8. The number of fused-ring (bicyclic) bond motifs is 4. The first-order valence-electron chi connectivity index (χ1n) is 16.6. The van der Waals surface area contributed by atoms with Gasteiger partial charge in [0.05, 0.1) is 19.6 Å². The summed E-state index contributed by atoms with van der Waals surface area (Å²) in [6, 6.07) is 1.63. The highest BCUT2D eigenvalue weighted by atomic mass is 16.6. The lowest BCUT2D eigenvalue weighted by Crippen LogP contribution is -2.80. The zero-order chi connectivity index (χ0) is 36.3. The Hall–Kier alpha value is -3.52. The van der Waals surface area contributed by atoms with Crippen molar-refractivity contribution in [1.29, 1.82) is 0 Å². The summed E-state index contributed by atoms with van der Waals surface area (Å²) in [5.41, 5.74) is -9.37. The van der Waals surface area contributed by atoms with Crippen molar-refractivity contribution in [3.05, 3.63) is 47.0 Å². The number of carbonyl (C=O) groups is 4. The van der Waals surface area contributed by atoms with Crippen molar-refractivity contribution >= 4 is 23.9 Å². The van der Waals surface area contributed by atoms with Gasteiger partial charge in [0.25, 0.3) is 0 Å². The topological polar surface area (TPSA) is 199 Å². The maximum Gasteiger partial charge on any atom is 0.352 e. The Labute approximate surface area is 284 Å². The zero-order valence-electron chi connectivity index (χ0n) is 29.1. The predicted molar refractivity (Wildman–Crippen MR) is 168 cm³/mol. The molecule has 11 atom stereocenters. The molecule has 0 radical (unpaired) electrons. The molecule has 0 aromatic carbocycles. The number of aliphatic hydroxyl groups is 4. The molecule has 1 aliphatic heterocycles. The van der Waals surface area contributed by atoms with E-state index in [9.17, 15) is 39.6 Å². The van der Waals surface area contributed by atoms with Gasteiger partial charge in [-0.1, -0.05) is 26.8 Å². The molecule has 0 spiro atoms. The van der Waals surface area contributed by atoms with E-state index in [0.29, 0.717) is 18.4 Å². The van der Waals surface area contributed by atoms with Gasteiger partial charge in [0.15, 0.2) is 11.2 Å². The van der Waals surface area contributed by atoms with Crippen LogP contribution in [-0.4, -0.2) is 86.5 Å². The SMILES string of the molecule is C/C=C(\C)C(=O)O[C@H]1[C@]2(C)C[C@@]3(O)[C@](C)([C@H]4CC[C@]5(C)C(=C4[C@H](O)[C@@]13O)[C@@H](OC(=O)C(C)(C)O)C(=O)O[C@H]5c1ccoc1)[C@H]2CC(=O)OC. The van der Waals surface area contributed by atoms with Crippen LogP contribution < -0.4 is 0 Å². The van der Waals surface area contributed by atoms with Crippen molar-refractivity contribution in [3.63, 3.8) is 0 Å². The molecular weight excluding hydrogens is 640 g/mol. The van der Waals surface area contributed by atoms with Gasteiger partial charge in [0, 0.05) is 33.8 Å². The summed E-state index contributed by atoms with van der Waals surface area (Å²) in [4.78, 5) is 53.5. The van der Waals surface area contributed by atoms with Crippen LogP contribution >= 0.6 is 0 Å². The van der Waals surface area contributed by atoms with Gasteiger partial charge >= 0.3 is 23.9 Å². The number of methoxy groups -OCH3 is 1. The Morgan fingerprint density at radius 1 is 1.14 bits per heavy atom. The second-order valence-electron chi connectivity index (χ2n) is 15.7. The van der Waals surface area contributed by atoms with Crippen molar-refractivity contribution in [2.75, 3.05) is 7.11 Å². The van der Waals surface area contributed by atoms with Gasteiger partial charge in [-0.25, -0.2) is 14.4 Å². The first-order valence-corrected chi connectivity index (χ1v) is 16.6. The Kier molecular flexibility index (Phi) is 7.92. The number of aliphatic hydroxyl groups excluding tert-OH is 1. The van der Waals surface area contributed by atoms with E-state index in [-0.39, 0.29) is 29.6 Å². The molecule has 1 aromatic heterocycles. The van der Waals surface area contributed by atoms with Crippen molar-refractivity contribution < 1.29 is 63.0 Å². The molecule has 49 heavy (non-hydrogen) atoms. The molecule has 0 amide bonds. The van der Waals surface area contributed by atoms with Crippen LogP contribution in [0, 0.1) is 28.1 Å². The van der Waals surface area contributed by atoms with E-state index >= 15 is 0 Å². The molecule has 2 bridgehead atoms. The van der Waals surface area contributed by atoms with Gasteiger partial charge in [-0.2, -0.15) is 0 Å². The maximum atomic E-state index is 13.9. The minimum Gasteiger partial charge on any atom is -0.472 e. The van der Waals surface area contributed by atoms with Crippen LogP contribution in [0.3, 0.4) is 0 Å². The molecule has 13 heteroatoms. The largest absolute Gasteiger partial charge is 0.472 e. The Balaban J connectivity index is 1.65. The average molecular weight is 687 g/mol. The highest BCUT2D eigenvalue weighted by Gasteiger charge is 2.89. The lowest BCUT2D eigenvalue weighted by molar-refractivity contribution is -0.314. The average Bonchev–Trinajstić information content (AvgIpc) is 3.68. The molecule has 13 nitrogen and oxygen atoms in total. The number of hydrogen-bond acceptors (Lipinski definition) is 13. The minimum absolute atomic E-state index is 0.119. The summed E-state index contributed by atoms with van der Waals surface area (Å²) in [5.74, 6) is -4.99. The van der Waals surface area contributed by atoms with Gasteiger partial charge in [-0.15, -0.1) is 0 Å². The van der Waals surface area contributed by atoms with E-state index in [1.807, 2.05) is 0 Å². The van der Waals surface area contributed by atoms with Crippen LogP contribution in [0.1, 0.15) is 85.8 Å². The monoisotopic (exact) mass is 686 g/mol. The fraction of sp³-hybridized carbons (Fsp3) is 0.667. The molecule has 0 unspecified atom stereocenters. The van der Waals surface area contributed by atoms with E-state index in [0.717, 1.165) is 0 Å². The Bertz CT molecular complexity index is 1650. The van der Waals surface area contributed by atoms with E-state index in [2.05, 4.69) is 0 Å². The summed E-state index contributed by atoms with van der Waals surface area (Å²) < 4.78 is 28.1. The molecular formula is C36H46O13. The fourth-order valence-corrected chi connectivity index (χ4v) is 10.4. The lowest BCUT2D eigenvalue weighted by Gasteiger charge is -2.68. The number of rotatable bonds is 7. The summed E-state index contributed by atoms with van der Waals surface area (Å²) in [7, 11) is 1.24. The van der Waals surface area contributed by atoms with Crippen LogP contribution in [0.2, 0.25) is 0 Å². The van der Waals surface area contributed by atoms with Crippen molar-refractivity contribution in [1.82, 2.24) is 0 Å². The molecule has 5 aliphatic rings. The van der Waals surface area contributed by atoms with Crippen LogP contribution in [0.4, 0.5) is 0 Å². The minimum atomic E-state index is -2.54. The van der Waals surface area contributed by atoms with Gasteiger partial charge < -0.3 is 43.8 Å². The summed E-state index contributed by atoms with van der Waals surface area (Å²) >= 11 is 0. The molecule has 1 aromatic rings. The molecule has 4 fully saturated rings. The number of hydrogen-bond donors (Lipinski definition) is 4. The van der Waals surface area contributed by atoms with Crippen molar-refractivity contribution in [2.45, 2.75) is 115 Å². The van der Waals surface area contributed by atoms with E-state index in [1.54, 1.807) is 33.8 Å². The Morgan fingerprint density at radius 2 is 1.82 bits per heavy atom. The van der Waals surface area contributed by atoms with E-state index < -0.39 is 93.2 Å².